The zero-order valence-corrected chi connectivity index (χ0v) is 25.4. The molecule has 0 fully saturated rings. The molecule has 0 saturated carbocycles. The number of hydrogen-bond acceptors (Lipinski definition) is 10. The molecule has 2 atom stereocenters. The lowest BCUT2D eigenvalue weighted by atomic mass is 9.84. The first kappa shape index (κ1) is 32.3. The molecule has 3 aromatic carbocycles. The standard InChI is InChI=1S/C32H27F3N2O9S/c1-2-20-13-16-23(30-29(20)43-18-44-30)27-22-7-3-6-10-26(22)47(41,42)36(25-9-5-4-8-24(25)32(33,34)35)28(27)31(38)46-21-14-11-19(12-15-21)17-45-37(39)40/h3-16,22,26,39-40H,2,17-18H2,1H3. The molecule has 3 aliphatic rings. The molecule has 3 aromatic rings. The number of rotatable bonds is 8. The van der Waals surface area contributed by atoms with Crippen molar-refractivity contribution in [2.75, 3.05) is 11.1 Å². The van der Waals surface area contributed by atoms with Crippen LogP contribution in [-0.2, 0) is 38.9 Å². The molecule has 15 heteroatoms. The van der Waals surface area contributed by atoms with E-state index >= 15 is 0 Å². The summed E-state index contributed by atoms with van der Waals surface area (Å²) >= 11 is 0. The van der Waals surface area contributed by atoms with Gasteiger partial charge in [-0.1, -0.05) is 67.6 Å². The topological polar surface area (TPSA) is 135 Å². The van der Waals surface area contributed by atoms with E-state index in [1.54, 1.807) is 24.3 Å². The van der Waals surface area contributed by atoms with Crippen LogP contribution in [0.4, 0.5) is 18.9 Å². The van der Waals surface area contributed by atoms with Gasteiger partial charge in [0.2, 0.25) is 16.8 Å². The highest BCUT2D eigenvalue weighted by Gasteiger charge is 2.51. The maximum Gasteiger partial charge on any atom is 0.418 e. The Morgan fingerprint density at radius 2 is 1.70 bits per heavy atom. The Bertz CT molecular complexity index is 1910. The van der Waals surface area contributed by atoms with Gasteiger partial charge in [-0.3, -0.25) is 10.4 Å². The van der Waals surface area contributed by atoms with Gasteiger partial charge in [-0.05, 0) is 41.8 Å². The number of nitrogens with zero attached hydrogens (tertiary/aromatic N) is 2. The van der Waals surface area contributed by atoms with Gasteiger partial charge in [-0.2, -0.15) is 13.2 Å². The Hall–Kier alpha value is -4.67. The summed E-state index contributed by atoms with van der Waals surface area (Å²) in [5, 5.41) is 15.7. The number of sulfonamides is 1. The van der Waals surface area contributed by atoms with Gasteiger partial charge >= 0.3 is 12.1 Å². The number of para-hydroxylation sites is 1. The van der Waals surface area contributed by atoms with Crippen molar-refractivity contribution < 1.29 is 55.8 Å². The molecule has 2 aliphatic heterocycles. The second kappa shape index (κ2) is 12.5. The minimum absolute atomic E-state index is 0.0628. The molecule has 2 heterocycles. The van der Waals surface area contributed by atoms with Crippen molar-refractivity contribution >= 4 is 27.3 Å². The van der Waals surface area contributed by atoms with Crippen LogP contribution in [0.3, 0.4) is 0 Å². The van der Waals surface area contributed by atoms with E-state index in [0.717, 1.165) is 23.8 Å². The second-order valence-electron chi connectivity index (χ2n) is 10.6. The van der Waals surface area contributed by atoms with Gasteiger partial charge in [0.05, 0.1) is 23.2 Å². The quantitative estimate of drug-likeness (QED) is 0.172. The van der Waals surface area contributed by atoms with Crippen LogP contribution in [-0.4, -0.2) is 42.2 Å². The molecule has 47 heavy (non-hydrogen) atoms. The minimum Gasteiger partial charge on any atom is -0.453 e. The van der Waals surface area contributed by atoms with Gasteiger partial charge in [0, 0.05) is 17.1 Å². The lowest BCUT2D eigenvalue weighted by molar-refractivity contribution is -0.497. The van der Waals surface area contributed by atoms with Crippen LogP contribution < -0.4 is 18.5 Å². The Kier molecular flexibility index (Phi) is 8.59. The van der Waals surface area contributed by atoms with E-state index in [1.807, 2.05) is 6.92 Å². The summed E-state index contributed by atoms with van der Waals surface area (Å²) in [6.07, 6.45) is 1.58. The lowest BCUT2D eigenvalue weighted by Gasteiger charge is -2.41. The van der Waals surface area contributed by atoms with Gasteiger partial charge < -0.3 is 14.2 Å². The SMILES string of the molecule is CCc1ccc(C2=C(C(=O)Oc3ccc(CON(O)O)cc3)N(c3ccccc3C(F)(F)F)S(=O)(=O)C3C=CC=CC23)c2c1OCO2. The molecule has 0 bridgehead atoms. The Balaban J connectivity index is 1.60. The Labute approximate surface area is 266 Å². The minimum atomic E-state index is -4.99. The summed E-state index contributed by atoms with van der Waals surface area (Å²) in [5.74, 6) is -1.75. The molecule has 0 amide bonds. The highest BCUT2D eigenvalue weighted by molar-refractivity contribution is 7.94. The van der Waals surface area contributed by atoms with E-state index in [-0.39, 0.29) is 36.0 Å². The molecular formula is C32H27F3N2O9S. The fourth-order valence-corrected chi connectivity index (χ4v) is 7.77. The monoisotopic (exact) mass is 672 g/mol. The summed E-state index contributed by atoms with van der Waals surface area (Å²) in [6, 6.07) is 13.0. The van der Waals surface area contributed by atoms with Crippen molar-refractivity contribution in [3.05, 3.63) is 113 Å². The van der Waals surface area contributed by atoms with Crippen molar-refractivity contribution in [2.45, 2.75) is 31.4 Å². The molecule has 2 N–H and O–H groups in total. The average molecular weight is 673 g/mol. The maximum absolute atomic E-state index is 14.4. The predicted octanol–water partition coefficient (Wildman–Crippen LogP) is 5.79. The molecular weight excluding hydrogens is 645 g/mol. The number of allylic oxidation sites excluding steroid dienone is 4. The van der Waals surface area contributed by atoms with Gasteiger partial charge in [-0.15, -0.1) is 0 Å². The number of esters is 1. The molecule has 1 aliphatic carbocycles. The van der Waals surface area contributed by atoms with Crippen LogP contribution in [0, 0.1) is 5.92 Å². The smallest absolute Gasteiger partial charge is 0.418 e. The van der Waals surface area contributed by atoms with Crippen molar-refractivity contribution in [1.82, 2.24) is 5.39 Å². The number of aryl methyl sites for hydroxylation is 1. The van der Waals surface area contributed by atoms with Gasteiger partial charge in [0.1, 0.15) is 16.7 Å². The van der Waals surface area contributed by atoms with Crippen molar-refractivity contribution in [1.29, 1.82) is 0 Å². The van der Waals surface area contributed by atoms with Crippen LogP contribution in [0.25, 0.3) is 5.57 Å². The first-order valence-electron chi connectivity index (χ1n) is 14.2. The van der Waals surface area contributed by atoms with Gasteiger partial charge in [-0.25, -0.2) is 22.4 Å². The number of halogens is 3. The number of ether oxygens (including phenoxy) is 3. The summed E-state index contributed by atoms with van der Waals surface area (Å²) in [5.41, 5.74) is -1.19. The van der Waals surface area contributed by atoms with Crippen molar-refractivity contribution in [3.63, 3.8) is 0 Å². The fourth-order valence-electron chi connectivity index (χ4n) is 5.78. The normalized spacial score (nSPS) is 19.7. The average Bonchev–Trinajstić information content (AvgIpc) is 3.54. The predicted molar refractivity (Wildman–Crippen MR) is 160 cm³/mol. The highest BCUT2D eigenvalue weighted by atomic mass is 32.2. The number of alkyl halides is 3. The van der Waals surface area contributed by atoms with Crippen LogP contribution >= 0.6 is 0 Å². The van der Waals surface area contributed by atoms with Crippen LogP contribution in [0.2, 0.25) is 0 Å². The molecule has 246 valence electrons. The highest BCUT2D eigenvalue weighted by Crippen LogP contribution is 2.52. The van der Waals surface area contributed by atoms with Gasteiger partial charge in [0.25, 0.3) is 0 Å². The van der Waals surface area contributed by atoms with Crippen LogP contribution in [0.5, 0.6) is 17.2 Å². The largest absolute Gasteiger partial charge is 0.453 e. The Morgan fingerprint density at radius 3 is 2.40 bits per heavy atom. The van der Waals surface area contributed by atoms with Crippen LogP contribution in [0.1, 0.15) is 29.2 Å². The lowest BCUT2D eigenvalue weighted by Crippen LogP contribution is -2.49. The third kappa shape index (κ3) is 5.99. The van der Waals surface area contributed by atoms with E-state index in [1.165, 1.54) is 42.5 Å². The molecule has 0 radical (unpaired) electrons. The molecule has 0 spiro atoms. The number of hydrogen-bond donors (Lipinski definition) is 2. The van der Waals surface area contributed by atoms with E-state index < -0.39 is 55.7 Å². The third-order valence-corrected chi connectivity index (χ3v) is 9.87. The molecule has 6 rings (SSSR count). The number of anilines is 1. The zero-order chi connectivity index (χ0) is 33.5. The zero-order valence-electron chi connectivity index (χ0n) is 24.5. The maximum atomic E-state index is 14.4. The Morgan fingerprint density at radius 1 is 1.00 bits per heavy atom. The second-order valence-corrected chi connectivity index (χ2v) is 12.5. The number of carbonyl (C=O) groups is 1. The van der Waals surface area contributed by atoms with E-state index in [4.69, 9.17) is 24.6 Å². The summed E-state index contributed by atoms with van der Waals surface area (Å²) in [4.78, 5) is 18.9. The number of carbonyl (C=O) groups excluding carboxylic acids is 1. The third-order valence-electron chi connectivity index (χ3n) is 7.85. The molecule has 2 unspecified atom stereocenters. The van der Waals surface area contributed by atoms with E-state index in [2.05, 4.69) is 4.84 Å². The number of fused-ring (bicyclic) bond motifs is 2. The van der Waals surface area contributed by atoms with E-state index in [9.17, 15) is 26.4 Å². The number of benzene rings is 3. The first-order chi connectivity index (χ1) is 22.4. The van der Waals surface area contributed by atoms with Crippen molar-refractivity contribution in [2.24, 2.45) is 5.92 Å². The van der Waals surface area contributed by atoms with E-state index in [0.29, 0.717) is 22.0 Å². The molecule has 11 nitrogen and oxygen atoms in total. The molecule has 0 aromatic heterocycles. The first-order valence-corrected chi connectivity index (χ1v) is 15.8. The van der Waals surface area contributed by atoms with Gasteiger partial charge in [0.15, 0.2) is 11.5 Å². The molecule has 0 saturated heterocycles. The summed E-state index contributed by atoms with van der Waals surface area (Å²) < 4.78 is 89.7. The fraction of sp³-hybridized carbons (Fsp3) is 0.219. The summed E-state index contributed by atoms with van der Waals surface area (Å²) in [7, 11) is -4.74. The van der Waals surface area contributed by atoms with Crippen molar-refractivity contribution in [3.8, 4) is 17.2 Å². The van der Waals surface area contributed by atoms with Crippen LogP contribution in [0.15, 0.2) is 90.7 Å². The summed E-state index contributed by atoms with van der Waals surface area (Å²) in [6.45, 7) is 1.48.